The third-order valence-electron chi connectivity index (χ3n) is 11.8. The summed E-state index contributed by atoms with van der Waals surface area (Å²) >= 11 is 0. The largest absolute Gasteiger partial charge is 0.483 e. The summed E-state index contributed by atoms with van der Waals surface area (Å²) in [5, 5.41) is 16.6. The van der Waals surface area contributed by atoms with E-state index in [1.807, 2.05) is 6.92 Å². The SMILES string of the molecule is C=C(CC/C(=C\C)c1c2nc(c(CCCCCC)c3ccc([nH]3)c(-c3ccccc3)c3nc(c(CCCCCCCC)c4ccc1[nH]4)CCCCC3)C=C2)C(=O)O.O=CO. The number of hydrogen-bond donors (Lipinski definition) is 4. The van der Waals surface area contributed by atoms with E-state index in [9.17, 15) is 9.90 Å². The molecule has 5 heterocycles. The second-order valence-corrected chi connectivity index (χ2v) is 16.1. The van der Waals surface area contributed by atoms with E-state index in [4.69, 9.17) is 19.9 Å². The van der Waals surface area contributed by atoms with Gasteiger partial charge in [0.1, 0.15) is 0 Å². The van der Waals surface area contributed by atoms with Gasteiger partial charge in [-0.3, -0.25) is 9.78 Å². The average Bonchev–Trinajstić information content (AvgIpc) is 4.04. The molecule has 2 aliphatic heterocycles. The minimum absolute atomic E-state index is 0.215. The number of H-pyrrole nitrogens is 2. The maximum absolute atomic E-state index is 11.8. The molecule has 4 aromatic rings. The molecule has 0 amide bonds. The molecule has 1 aromatic carbocycles. The third kappa shape index (κ3) is 12.3. The van der Waals surface area contributed by atoms with Gasteiger partial charge in [-0.15, -0.1) is 0 Å². The molecule has 0 radical (unpaired) electrons. The number of aliphatic carboxylic acids is 1. The number of nitrogens with one attached hydrogen (secondary N) is 2. The summed E-state index contributed by atoms with van der Waals surface area (Å²) in [6, 6.07) is 19.8. The number of rotatable bonds is 18. The van der Waals surface area contributed by atoms with E-state index in [2.05, 4.69) is 103 Å². The van der Waals surface area contributed by atoms with Crippen molar-refractivity contribution in [1.29, 1.82) is 0 Å². The molecule has 60 heavy (non-hydrogen) atoms. The number of hydrogen-bond acceptors (Lipinski definition) is 4. The van der Waals surface area contributed by atoms with Gasteiger partial charge >= 0.3 is 5.97 Å². The van der Waals surface area contributed by atoms with E-state index in [0.29, 0.717) is 12.8 Å². The predicted molar refractivity (Wildman–Crippen MR) is 250 cm³/mol. The van der Waals surface area contributed by atoms with E-state index < -0.39 is 5.97 Å². The summed E-state index contributed by atoms with van der Waals surface area (Å²) in [4.78, 5) is 39.2. The first-order valence-electron chi connectivity index (χ1n) is 22.5. The molecule has 0 fully saturated rings. The molecule has 4 N–H and O–H groups in total. The zero-order chi connectivity index (χ0) is 42.7. The van der Waals surface area contributed by atoms with Crippen LogP contribution in [0.2, 0.25) is 0 Å². The Morgan fingerprint density at radius 2 is 1.27 bits per heavy atom. The van der Waals surface area contributed by atoms with Crippen LogP contribution in [0, 0.1) is 0 Å². The molecule has 2 aliphatic rings. The smallest absolute Gasteiger partial charge is 0.330 e. The van der Waals surface area contributed by atoms with Crippen molar-refractivity contribution in [2.75, 3.05) is 0 Å². The number of carboxylic acids is 1. The highest BCUT2D eigenvalue weighted by Crippen LogP contribution is 2.34. The molecule has 0 atom stereocenters. The molecule has 8 nitrogen and oxygen atoms in total. The molecule has 0 saturated heterocycles. The van der Waals surface area contributed by atoms with Gasteiger partial charge in [0.25, 0.3) is 6.47 Å². The molecule has 0 saturated carbocycles. The fraction of sp³-hybridized carbons (Fsp3) is 0.423. The Balaban J connectivity index is 0.00000221. The number of nitrogens with zero attached hydrogens (tertiary/aromatic N) is 2. The topological polar surface area (TPSA) is 132 Å². The van der Waals surface area contributed by atoms with E-state index in [1.165, 1.54) is 85.7 Å². The Kier molecular flexibility index (Phi) is 18.2. The van der Waals surface area contributed by atoms with Crippen LogP contribution in [0.1, 0.15) is 157 Å². The zero-order valence-corrected chi connectivity index (χ0v) is 36.3. The summed E-state index contributed by atoms with van der Waals surface area (Å²) in [5.74, 6) is -0.949. The molecular weight excluding hydrogens is 745 g/mol. The summed E-state index contributed by atoms with van der Waals surface area (Å²) in [7, 11) is 0. The molecule has 0 aliphatic carbocycles. The van der Waals surface area contributed by atoms with Gasteiger partial charge in [-0.05, 0) is 124 Å². The van der Waals surface area contributed by atoms with Crippen molar-refractivity contribution in [2.45, 2.75) is 143 Å². The average molecular weight is 811 g/mol. The monoisotopic (exact) mass is 811 g/mol. The first-order chi connectivity index (χ1) is 29.3. The lowest BCUT2D eigenvalue weighted by Crippen LogP contribution is -2.05. The molecular formula is C52H66N4O4. The summed E-state index contributed by atoms with van der Waals surface area (Å²) in [5.41, 5.74) is 15.7. The normalized spacial score (nSPS) is 12.9. The van der Waals surface area contributed by atoms with Gasteiger partial charge in [-0.25, -0.2) is 9.78 Å². The lowest BCUT2D eigenvalue weighted by Gasteiger charge is -2.15. The molecule has 6 rings (SSSR count). The van der Waals surface area contributed by atoms with Crippen LogP contribution >= 0.6 is 0 Å². The lowest BCUT2D eigenvalue weighted by molar-refractivity contribution is -0.132. The number of unbranched alkanes of at least 4 members (excludes halogenated alkanes) is 8. The molecule has 0 unspecified atom stereocenters. The van der Waals surface area contributed by atoms with E-state index in [1.54, 1.807) is 0 Å². The van der Waals surface area contributed by atoms with Crippen LogP contribution < -0.4 is 0 Å². The first-order valence-corrected chi connectivity index (χ1v) is 22.5. The van der Waals surface area contributed by atoms with Crippen LogP contribution in [-0.4, -0.2) is 42.6 Å². The Morgan fingerprint density at radius 1 is 0.700 bits per heavy atom. The fourth-order valence-corrected chi connectivity index (χ4v) is 8.55. The minimum atomic E-state index is -0.949. The Morgan fingerprint density at radius 3 is 1.95 bits per heavy atom. The van der Waals surface area contributed by atoms with Gasteiger partial charge < -0.3 is 20.2 Å². The summed E-state index contributed by atoms with van der Waals surface area (Å²) in [6.45, 7) is 10.2. The number of carbonyl (C=O) groups is 2. The second-order valence-electron chi connectivity index (χ2n) is 16.1. The summed E-state index contributed by atoms with van der Waals surface area (Å²) < 4.78 is 0. The Hall–Kier alpha value is -5.50. The number of aryl methyl sites for hydroxylation is 4. The van der Waals surface area contributed by atoms with Crippen LogP contribution in [0.3, 0.4) is 0 Å². The van der Waals surface area contributed by atoms with Gasteiger partial charge in [0.2, 0.25) is 0 Å². The van der Waals surface area contributed by atoms with Crippen molar-refractivity contribution in [3.05, 3.63) is 112 Å². The summed E-state index contributed by atoms with van der Waals surface area (Å²) in [6.07, 6.45) is 26.6. The van der Waals surface area contributed by atoms with Crippen LogP contribution in [0.4, 0.5) is 0 Å². The van der Waals surface area contributed by atoms with E-state index >= 15 is 0 Å². The minimum Gasteiger partial charge on any atom is -0.483 e. The molecule has 318 valence electrons. The second kappa shape index (κ2) is 23.9. The van der Waals surface area contributed by atoms with Crippen molar-refractivity contribution in [3.63, 3.8) is 0 Å². The van der Waals surface area contributed by atoms with Crippen molar-refractivity contribution >= 4 is 52.2 Å². The quantitative estimate of drug-likeness (QED) is 0.0396. The number of fused-ring (bicyclic) bond motifs is 8. The van der Waals surface area contributed by atoms with Gasteiger partial charge in [0, 0.05) is 50.0 Å². The lowest BCUT2D eigenvalue weighted by atomic mass is 9.96. The highest BCUT2D eigenvalue weighted by atomic mass is 16.4. The molecule has 8 heteroatoms. The zero-order valence-electron chi connectivity index (χ0n) is 36.3. The maximum atomic E-state index is 11.8. The van der Waals surface area contributed by atoms with Crippen molar-refractivity contribution in [3.8, 4) is 11.1 Å². The van der Waals surface area contributed by atoms with Gasteiger partial charge in [0.05, 0.1) is 17.1 Å². The van der Waals surface area contributed by atoms with Crippen molar-refractivity contribution in [2.24, 2.45) is 0 Å². The number of benzene rings is 1. The van der Waals surface area contributed by atoms with Crippen LogP contribution in [-0.2, 0) is 35.3 Å². The van der Waals surface area contributed by atoms with E-state index in [0.717, 1.165) is 102 Å². The van der Waals surface area contributed by atoms with Gasteiger partial charge in [0.15, 0.2) is 0 Å². The molecule has 8 bridgehead atoms. The third-order valence-corrected chi connectivity index (χ3v) is 11.8. The number of carboxylic acid groups (broad SMARTS) is 2. The van der Waals surface area contributed by atoms with Gasteiger partial charge in [-0.2, -0.15) is 0 Å². The van der Waals surface area contributed by atoms with Crippen molar-refractivity contribution in [1.82, 2.24) is 19.9 Å². The first kappa shape index (κ1) is 45.6. The highest BCUT2D eigenvalue weighted by molar-refractivity contribution is 5.91. The van der Waals surface area contributed by atoms with Gasteiger partial charge in [-0.1, -0.05) is 115 Å². The Labute approximate surface area is 357 Å². The predicted octanol–water partition coefficient (Wildman–Crippen LogP) is 13.7. The van der Waals surface area contributed by atoms with Crippen LogP contribution in [0.25, 0.3) is 50.9 Å². The highest BCUT2D eigenvalue weighted by Gasteiger charge is 2.19. The fourth-order valence-electron chi connectivity index (χ4n) is 8.55. The number of aromatic amines is 2. The van der Waals surface area contributed by atoms with Crippen molar-refractivity contribution < 1.29 is 19.8 Å². The van der Waals surface area contributed by atoms with E-state index in [-0.39, 0.29) is 12.0 Å². The molecule has 3 aromatic heterocycles. The standard InChI is InChI=1S/C51H64N4O2.CH2O2/c1-5-8-10-12-13-19-25-39-41-26-20-15-21-27-45(52-41)50(38-22-16-14-17-23-38)48-35-32-44(55-48)40(24-18-11-9-6-2)43-31-34-47(54-43)49(46-33-30-42(39)53-46)37(7-3)29-28-36(4)51(56)57;2-1-3/h7,14,16-17,22-23,30-35,53,55H,4-6,8-13,15,18-21,24-29H2,1-3H3,(H,56,57);1H,(H,2,3)/b37-7+,41-39?,42-39?,43-40?,44-40?,49-46?,49-47?,50-45?,50-48?,52-41?,52-45?;. The molecule has 0 spiro atoms. The Bertz CT molecular complexity index is 2280. The number of allylic oxidation sites excluding steroid dienone is 2. The van der Waals surface area contributed by atoms with Crippen LogP contribution in [0.15, 0.2) is 72.8 Å². The number of aromatic nitrogens is 4. The van der Waals surface area contributed by atoms with Crippen LogP contribution in [0.5, 0.6) is 0 Å². The maximum Gasteiger partial charge on any atom is 0.330 e.